The van der Waals surface area contributed by atoms with Gasteiger partial charge in [-0.3, -0.25) is 4.79 Å². The summed E-state index contributed by atoms with van der Waals surface area (Å²) in [6, 6.07) is 0. The van der Waals surface area contributed by atoms with Gasteiger partial charge in [0.15, 0.2) is 0 Å². The van der Waals surface area contributed by atoms with Crippen LogP contribution >= 0.6 is 0 Å². The van der Waals surface area contributed by atoms with Crippen LogP contribution in [0.1, 0.15) is 64.7 Å². The topological polar surface area (TPSA) is 57.5 Å². The molecule has 0 aliphatic rings. The van der Waals surface area contributed by atoms with Crippen molar-refractivity contribution in [3.8, 4) is 0 Å². The average Bonchev–Trinajstić information content (AvgIpc) is 2.27. The van der Waals surface area contributed by atoms with Gasteiger partial charge in [-0.1, -0.05) is 45.4 Å². The molecule has 0 aromatic heterocycles. The van der Waals surface area contributed by atoms with Crippen LogP contribution in [0.15, 0.2) is 0 Å². The molecule has 0 bridgehead atoms. The lowest BCUT2D eigenvalue weighted by Crippen LogP contribution is -2.08. The number of aliphatic carboxylic acids is 1. The first-order chi connectivity index (χ1) is 7.70. The number of aliphatic hydroxyl groups is 1. The zero-order valence-corrected chi connectivity index (χ0v) is 10.5. The van der Waals surface area contributed by atoms with E-state index in [9.17, 15) is 4.79 Å². The van der Waals surface area contributed by atoms with Crippen LogP contribution in [0.3, 0.4) is 0 Å². The second kappa shape index (κ2) is 10.9. The Labute approximate surface area is 98.9 Å². The van der Waals surface area contributed by atoms with Crippen LogP contribution < -0.4 is 0 Å². The molecular weight excluding hydrogens is 204 g/mol. The van der Waals surface area contributed by atoms with Gasteiger partial charge in [-0.25, -0.2) is 0 Å². The third kappa shape index (κ3) is 9.97. The Hall–Kier alpha value is -0.570. The largest absolute Gasteiger partial charge is 0.481 e. The van der Waals surface area contributed by atoms with Crippen molar-refractivity contribution < 1.29 is 15.0 Å². The van der Waals surface area contributed by atoms with E-state index in [0.29, 0.717) is 6.42 Å². The Balaban J connectivity index is 3.37. The molecule has 0 aliphatic heterocycles. The molecule has 0 aromatic carbocycles. The first kappa shape index (κ1) is 15.4. The molecule has 0 aliphatic carbocycles. The molecule has 0 heterocycles. The third-order valence-corrected chi connectivity index (χ3v) is 2.99. The zero-order valence-electron chi connectivity index (χ0n) is 10.5. The normalized spacial score (nSPS) is 12.6. The van der Waals surface area contributed by atoms with E-state index in [2.05, 4.69) is 6.92 Å². The molecule has 0 rings (SSSR count). The van der Waals surface area contributed by atoms with Crippen molar-refractivity contribution in [2.24, 2.45) is 5.92 Å². The van der Waals surface area contributed by atoms with Gasteiger partial charge in [0, 0.05) is 13.0 Å². The van der Waals surface area contributed by atoms with Crippen LogP contribution in [-0.2, 0) is 4.79 Å². The lowest BCUT2D eigenvalue weighted by molar-refractivity contribution is -0.137. The molecular formula is C13H26O3. The van der Waals surface area contributed by atoms with Crippen LogP contribution in [0.5, 0.6) is 0 Å². The molecule has 1 unspecified atom stereocenters. The van der Waals surface area contributed by atoms with Crippen molar-refractivity contribution in [3.05, 3.63) is 0 Å². The molecule has 0 spiro atoms. The van der Waals surface area contributed by atoms with E-state index >= 15 is 0 Å². The van der Waals surface area contributed by atoms with E-state index in [4.69, 9.17) is 10.2 Å². The molecule has 1 atom stereocenters. The van der Waals surface area contributed by atoms with E-state index in [0.717, 1.165) is 12.8 Å². The number of aliphatic hydroxyl groups excluding tert-OH is 1. The van der Waals surface area contributed by atoms with Gasteiger partial charge < -0.3 is 10.2 Å². The van der Waals surface area contributed by atoms with Gasteiger partial charge in [0.2, 0.25) is 0 Å². The fourth-order valence-corrected chi connectivity index (χ4v) is 1.87. The first-order valence-electron chi connectivity index (χ1n) is 6.53. The van der Waals surface area contributed by atoms with Crippen molar-refractivity contribution in [2.75, 3.05) is 6.61 Å². The SMILES string of the molecule is CCCCCCCCC(CO)CCC(=O)O. The number of carboxylic acid groups (broad SMARTS) is 1. The number of hydrogen-bond acceptors (Lipinski definition) is 2. The minimum Gasteiger partial charge on any atom is -0.481 e. The van der Waals surface area contributed by atoms with Crippen molar-refractivity contribution >= 4 is 5.97 Å². The fourth-order valence-electron chi connectivity index (χ4n) is 1.87. The van der Waals surface area contributed by atoms with Gasteiger partial charge in [-0.2, -0.15) is 0 Å². The van der Waals surface area contributed by atoms with Crippen LogP contribution in [0.2, 0.25) is 0 Å². The maximum absolute atomic E-state index is 10.4. The molecule has 0 saturated heterocycles. The second-order valence-electron chi connectivity index (χ2n) is 4.54. The summed E-state index contributed by atoms with van der Waals surface area (Å²) in [6.07, 6.45) is 9.23. The highest BCUT2D eigenvalue weighted by Gasteiger charge is 2.09. The summed E-state index contributed by atoms with van der Waals surface area (Å²) in [5.41, 5.74) is 0. The molecule has 0 amide bonds. The van der Waals surface area contributed by atoms with Gasteiger partial charge in [0.05, 0.1) is 0 Å². The van der Waals surface area contributed by atoms with E-state index in [1.807, 2.05) is 0 Å². The Morgan fingerprint density at radius 3 is 2.25 bits per heavy atom. The van der Waals surface area contributed by atoms with Gasteiger partial charge in [0.1, 0.15) is 0 Å². The van der Waals surface area contributed by atoms with E-state index in [1.54, 1.807) is 0 Å². The summed E-state index contributed by atoms with van der Waals surface area (Å²) in [4.78, 5) is 10.4. The summed E-state index contributed by atoms with van der Waals surface area (Å²) in [5, 5.41) is 17.6. The standard InChI is InChI=1S/C13H26O3/c1-2-3-4-5-6-7-8-12(11-14)9-10-13(15)16/h12,14H,2-11H2,1H3,(H,15,16). The lowest BCUT2D eigenvalue weighted by atomic mass is 9.96. The van der Waals surface area contributed by atoms with Crippen LogP contribution in [-0.4, -0.2) is 22.8 Å². The maximum Gasteiger partial charge on any atom is 0.303 e. The summed E-state index contributed by atoms with van der Waals surface area (Å²) in [7, 11) is 0. The van der Waals surface area contributed by atoms with Crippen LogP contribution in [0.4, 0.5) is 0 Å². The molecule has 0 aromatic rings. The maximum atomic E-state index is 10.4. The highest BCUT2D eigenvalue weighted by Crippen LogP contribution is 2.16. The number of hydrogen-bond donors (Lipinski definition) is 2. The Bertz CT molecular complexity index is 169. The van der Waals surface area contributed by atoms with E-state index < -0.39 is 5.97 Å². The quantitative estimate of drug-likeness (QED) is 0.536. The minimum absolute atomic E-state index is 0.127. The summed E-state index contributed by atoms with van der Waals surface area (Å²) in [5.74, 6) is -0.580. The van der Waals surface area contributed by atoms with Crippen molar-refractivity contribution in [1.82, 2.24) is 0 Å². The molecule has 16 heavy (non-hydrogen) atoms. The predicted octanol–water partition coefficient (Wildman–Crippen LogP) is 3.21. The van der Waals surface area contributed by atoms with Crippen molar-refractivity contribution in [3.63, 3.8) is 0 Å². The Kier molecular flexibility index (Phi) is 10.5. The van der Waals surface area contributed by atoms with Crippen molar-refractivity contribution in [1.29, 1.82) is 0 Å². The van der Waals surface area contributed by atoms with E-state index in [1.165, 1.54) is 32.1 Å². The molecule has 0 saturated carbocycles. The Morgan fingerprint density at radius 2 is 1.69 bits per heavy atom. The van der Waals surface area contributed by atoms with Crippen molar-refractivity contribution in [2.45, 2.75) is 64.7 Å². The summed E-state index contributed by atoms with van der Waals surface area (Å²) < 4.78 is 0. The first-order valence-corrected chi connectivity index (χ1v) is 6.53. The fraction of sp³-hybridized carbons (Fsp3) is 0.923. The number of unbranched alkanes of at least 4 members (excludes halogenated alkanes) is 5. The van der Waals surface area contributed by atoms with Crippen LogP contribution in [0.25, 0.3) is 0 Å². The zero-order chi connectivity index (χ0) is 12.2. The second-order valence-corrected chi connectivity index (χ2v) is 4.54. The molecule has 0 radical (unpaired) electrons. The smallest absolute Gasteiger partial charge is 0.303 e. The minimum atomic E-state index is -0.763. The highest BCUT2D eigenvalue weighted by atomic mass is 16.4. The van der Waals surface area contributed by atoms with Gasteiger partial charge >= 0.3 is 5.97 Å². The predicted molar refractivity (Wildman–Crippen MR) is 65.4 cm³/mol. The van der Waals surface area contributed by atoms with Crippen LogP contribution in [0, 0.1) is 5.92 Å². The molecule has 3 heteroatoms. The number of carbonyl (C=O) groups is 1. The van der Waals surface area contributed by atoms with Gasteiger partial charge in [-0.05, 0) is 18.8 Å². The Morgan fingerprint density at radius 1 is 1.06 bits per heavy atom. The molecule has 0 fully saturated rings. The van der Waals surface area contributed by atoms with E-state index in [-0.39, 0.29) is 18.9 Å². The molecule has 3 nitrogen and oxygen atoms in total. The molecule has 2 N–H and O–H groups in total. The lowest BCUT2D eigenvalue weighted by Gasteiger charge is -2.12. The average molecular weight is 230 g/mol. The van der Waals surface area contributed by atoms with Gasteiger partial charge in [-0.15, -0.1) is 0 Å². The molecule has 96 valence electrons. The third-order valence-electron chi connectivity index (χ3n) is 2.99. The summed E-state index contributed by atoms with van der Waals surface area (Å²) in [6.45, 7) is 2.33. The number of carboxylic acids is 1. The summed E-state index contributed by atoms with van der Waals surface area (Å²) >= 11 is 0. The van der Waals surface area contributed by atoms with Gasteiger partial charge in [0.25, 0.3) is 0 Å². The monoisotopic (exact) mass is 230 g/mol. The number of rotatable bonds is 11. The highest BCUT2D eigenvalue weighted by molar-refractivity contribution is 5.66.